The second-order valence-corrected chi connectivity index (χ2v) is 4.01. The highest BCUT2D eigenvalue weighted by molar-refractivity contribution is 5.88. The van der Waals surface area contributed by atoms with E-state index in [-0.39, 0.29) is 5.75 Å². The zero-order valence-electron chi connectivity index (χ0n) is 10.1. The van der Waals surface area contributed by atoms with Crippen LogP contribution in [0.4, 0.5) is 0 Å². The lowest BCUT2D eigenvalue weighted by Crippen LogP contribution is -2.06. The molecule has 0 atom stereocenters. The van der Waals surface area contributed by atoms with Crippen LogP contribution in [0.1, 0.15) is 5.56 Å². The van der Waals surface area contributed by atoms with E-state index in [9.17, 15) is 4.79 Å². The van der Waals surface area contributed by atoms with Gasteiger partial charge in [0.05, 0.1) is 26.2 Å². The molecule has 0 saturated heterocycles. The minimum Gasteiger partial charge on any atom is -0.493 e. The molecule has 0 bridgehead atoms. The van der Waals surface area contributed by atoms with Crippen molar-refractivity contribution < 1.29 is 18.6 Å². The molecule has 94 valence electrons. The van der Waals surface area contributed by atoms with Crippen LogP contribution in [-0.4, -0.2) is 20.8 Å². The highest BCUT2D eigenvalue weighted by atomic mass is 16.5. The van der Waals surface area contributed by atoms with Gasteiger partial charge in [-0.25, -0.2) is 4.79 Å². The maximum Gasteiger partial charge on any atom is 0.383 e. The Labute approximate surface area is 103 Å². The fourth-order valence-corrected chi connectivity index (χ4v) is 2.21. The molecule has 18 heavy (non-hydrogen) atoms. The Morgan fingerprint density at radius 3 is 2.67 bits per heavy atom. The molecule has 0 aliphatic carbocycles. The Bertz CT molecular complexity index is 671. The van der Waals surface area contributed by atoms with Gasteiger partial charge >= 0.3 is 5.63 Å². The number of methoxy groups -OCH3 is 2. The van der Waals surface area contributed by atoms with E-state index in [0.717, 1.165) is 23.1 Å². The summed E-state index contributed by atoms with van der Waals surface area (Å²) in [6.45, 7) is 0.648. The molecule has 5 heteroatoms. The van der Waals surface area contributed by atoms with Gasteiger partial charge in [0.1, 0.15) is 11.3 Å². The summed E-state index contributed by atoms with van der Waals surface area (Å²) in [7, 11) is 2.91. The minimum absolute atomic E-state index is 0.0869. The molecule has 2 heterocycles. The van der Waals surface area contributed by atoms with Crippen LogP contribution in [0.15, 0.2) is 21.3 Å². The molecule has 1 aromatic carbocycles. The normalized spacial score (nSPS) is 13.2. The van der Waals surface area contributed by atoms with Crippen molar-refractivity contribution in [1.29, 1.82) is 0 Å². The molecule has 1 aliphatic rings. The number of hydrogen-bond donors (Lipinski definition) is 0. The van der Waals surface area contributed by atoms with Gasteiger partial charge in [0.2, 0.25) is 5.75 Å². The lowest BCUT2D eigenvalue weighted by molar-refractivity contribution is 0.337. The molecule has 0 unspecified atom stereocenters. The molecule has 0 spiro atoms. The van der Waals surface area contributed by atoms with Gasteiger partial charge in [-0.05, 0) is 11.6 Å². The zero-order valence-corrected chi connectivity index (χ0v) is 10.1. The summed E-state index contributed by atoms with van der Waals surface area (Å²) in [5.41, 5.74) is 0.967. The van der Waals surface area contributed by atoms with Crippen LogP contribution < -0.4 is 19.8 Å². The summed E-state index contributed by atoms with van der Waals surface area (Å²) in [5, 5.41) is 0.721. The lowest BCUT2D eigenvalue weighted by atomic mass is 10.1. The topological polar surface area (TPSA) is 57.9 Å². The van der Waals surface area contributed by atoms with Crippen molar-refractivity contribution in [3.63, 3.8) is 0 Å². The first-order chi connectivity index (χ1) is 8.74. The van der Waals surface area contributed by atoms with Crippen LogP contribution in [-0.2, 0) is 6.42 Å². The number of benzene rings is 1. The average molecular weight is 248 g/mol. The number of ether oxygens (including phenoxy) is 3. The first-order valence-corrected chi connectivity index (χ1v) is 5.59. The van der Waals surface area contributed by atoms with Crippen molar-refractivity contribution in [2.75, 3.05) is 20.8 Å². The van der Waals surface area contributed by atoms with E-state index in [0.29, 0.717) is 17.9 Å². The third kappa shape index (κ3) is 1.44. The molecule has 5 nitrogen and oxygen atoms in total. The van der Waals surface area contributed by atoms with Gasteiger partial charge < -0.3 is 18.6 Å². The Balaban J connectivity index is 2.40. The summed E-state index contributed by atoms with van der Waals surface area (Å²) in [6.07, 6.45) is 0.843. The maximum atomic E-state index is 11.7. The minimum atomic E-state index is -0.556. The molecule has 1 aliphatic heterocycles. The first-order valence-electron chi connectivity index (χ1n) is 5.59. The first kappa shape index (κ1) is 11.0. The Hall–Kier alpha value is -2.17. The summed E-state index contributed by atoms with van der Waals surface area (Å²) in [5.74, 6) is 1.25. The van der Waals surface area contributed by atoms with Gasteiger partial charge in [-0.15, -0.1) is 0 Å². The lowest BCUT2D eigenvalue weighted by Gasteiger charge is -2.09. The summed E-state index contributed by atoms with van der Waals surface area (Å²) >= 11 is 0. The van der Waals surface area contributed by atoms with Crippen molar-refractivity contribution in [3.8, 4) is 17.2 Å². The van der Waals surface area contributed by atoms with Crippen molar-refractivity contribution in [3.05, 3.63) is 28.1 Å². The van der Waals surface area contributed by atoms with E-state index in [1.165, 1.54) is 14.2 Å². The van der Waals surface area contributed by atoms with Gasteiger partial charge in [-0.2, -0.15) is 0 Å². The monoisotopic (exact) mass is 248 g/mol. The molecule has 0 N–H and O–H groups in total. The van der Waals surface area contributed by atoms with E-state index >= 15 is 0 Å². The smallest absolute Gasteiger partial charge is 0.383 e. The molecule has 1 aromatic heterocycles. The highest BCUT2D eigenvalue weighted by Gasteiger charge is 2.20. The van der Waals surface area contributed by atoms with Crippen LogP contribution in [0.25, 0.3) is 11.0 Å². The van der Waals surface area contributed by atoms with E-state index in [2.05, 4.69) is 0 Å². The molecule has 2 aromatic rings. The van der Waals surface area contributed by atoms with Crippen LogP contribution >= 0.6 is 0 Å². The molecular weight excluding hydrogens is 236 g/mol. The molecule has 3 rings (SSSR count). The fourth-order valence-electron chi connectivity index (χ4n) is 2.21. The van der Waals surface area contributed by atoms with E-state index < -0.39 is 5.63 Å². The molecule has 0 radical (unpaired) electrons. The van der Waals surface area contributed by atoms with Crippen molar-refractivity contribution in [2.24, 2.45) is 0 Å². The highest BCUT2D eigenvalue weighted by Crippen LogP contribution is 2.37. The zero-order chi connectivity index (χ0) is 12.7. The van der Waals surface area contributed by atoms with Gasteiger partial charge in [0.25, 0.3) is 0 Å². The Kier molecular flexibility index (Phi) is 2.40. The average Bonchev–Trinajstić information content (AvgIpc) is 2.81. The molecular formula is C13H12O5. The standard InChI is InChI=1S/C13H12O5/c1-15-11-8-5-7-3-4-17-9(7)6-10(8)18-13(14)12(11)16-2/h5-6H,3-4H2,1-2H3. The van der Waals surface area contributed by atoms with Gasteiger partial charge in [-0.3, -0.25) is 0 Å². The van der Waals surface area contributed by atoms with Crippen LogP contribution in [0.5, 0.6) is 17.2 Å². The quantitative estimate of drug-likeness (QED) is 0.758. The maximum absolute atomic E-state index is 11.7. The number of fused-ring (bicyclic) bond motifs is 2. The van der Waals surface area contributed by atoms with Crippen LogP contribution in [0, 0.1) is 0 Å². The molecule has 0 saturated carbocycles. The van der Waals surface area contributed by atoms with E-state index in [1.54, 1.807) is 6.07 Å². The molecule has 0 fully saturated rings. The Morgan fingerprint density at radius 1 is 1.17 bits per heavy atom. The SMILES string of the molecule is COc1c(OC)c2cc3c(cc2oc1=O)OCC3. The van der Waals surface area contributed by atoms with E-state index in [1.807, 2.05) is 6.07 Å². The van der Waals surface area contributed by atoms with Crippen LogP contribution in [0.3, 0.4) is 0 Å². The predicted molar refractivity (Wildman–Crippen MR) is 64.8 cm³/mol. The van der Waals surface area contributed by atoms with Crippen molar-refractivity contribution in [1.82, 2.24) is 0 Å². The van der Waals surface area contributed by atoms with Crippen molar-refractivity contribution >= 4 is 11.0 Å². The third-order valence-electron chi connectivity index (χ3n) is 3.04. The molecule has 0 amide bonds. The van der Waals surface area contributed by atoms with Crippen molar-refractivity contribution in [2.45, 2.75) is 6.42 Å². The summed E-state index contributed by atoms with van der Waals surface area (Å²) in [4.78, 5) is 11.7. The summed E-state index contributed by atoms with van der Waals surface area (Å²) < 4.78 is 20.9. The number of rotatable bonds is 2. The second kappa shape index (κ2) is 3.94. The summed E-state index contributed by atoms with van der Waals surface area (Å²) in [6, 6.07) is 3.64. The van der Waals surface area contributed by atoms with Crippen LogP contribution in [0.2, 0.25) is 0 Å². The fraction of sp³-hybridized carbons (Fsp3) is 0.308. The van der Waals surface area contributed by atoms with E-state index in [4.69, 9.17) is 18.6 Å². The third-order valence-corrected chi connectivity index (χ3v) is 3.04. The second-order valence-electron chi connectivity index (χ2n) is 4.01. The Morgan fingerprint density at radius 2 is 1.94 bits per heavy atom. The predicted octanol–water partition coefficient (Wildman–Crippen LogP) is 1.75. The largest absolute Gasteiger partial charge is 0.493 e. The van der Waals surface area contributed by atoms with Gasteiger partial charge in [-0.1, -0.05) is 0 Å². The van der Waals surface area contributed by atoms with Gasteiger partial charge in [0, 0.05) is 12.5 Å². The van der Waals surface area contributed by atoms with Gasteiger partial charge in [0.15, 0.2) is 5.75 Å². The number of hydrogen-bond acceptors (Lipinski definition) is 5.